The number of pyridine rings is 1. The van der Waals surface area contributed by atoms with Crippen LogP contribution in [0.15, 0.2) is 28.1 Å². The van der Waals surface area contributed by atoms with Gasteiger partial charge in [-0.1, -0.05) is 0 Å². The average Bonchev–Trinajstić information content (AvgIpc) is 2.40. The van der Waals surface area contributed by atoms with Crippen molar-refractivity contribution in [3.63, 3.8) is 0 Å². The number of hydrogen-bond acceptors (Lipinski definition) is 4. The van der Waals surface area contributed by atoms with E-state index in [1.54, 1.807) is 0 Å². The number of ketones is 1. The van der Waals surface area contributed by atoms with Gasteiger partial charge in [-0.05, 0) is 35.8 Å². The first-order chi connectivity index (χ1) is 10.1. The summed E-state index contributed by atoms with van der Waals surface area (Å²) in [6.07, 6.45) is -4.97. The van der Waals surface area contributed by atoms with Crippen molar-refractivity contribution in [3.8, 4) is 0 Å². The van der Waals surface area contributed by atoms with Crippen molar-refractivity contribution in [1.82, 2.24) is 4.98 Å². The third-order valence-electron chi connectivity index (χ3n) is 3.04. The lowest BCUT2D eigenvalue weighted by Crippen LogP contribution is -2.20. The standard InChI is InChI=1S/C14H15BrF3NO3/c1-7(8(2)20)13(22-3)12(21)5-9-4-10(14(16,17)18)11(15)6-19-9/h4,6,12,21H,5H2,1-3H3/b13-7+. The Morgan fingerprint density at radius 3 is 2.50 bits per heavy atom. The highest BCUT2D eigenvalue weighted by atomic mass is 79.9. The van der Waals surface area contributed by atoms with Gasteiger partial charge in [-0.25, -0.2) is 0 Å². The van der Waals surface area contributed by atoms with Gasteiger partial charge in [0.1, 0.15) is 11.9 Å². The number of methoxy groups -OCH3 is 1. The van der Waals surface area contributed by atoms with Crippen LogP contribution in [0.5, 0.6) is 0 Å². The Labute approximate surface area is 134 Å². The molecule has 0 aliphatic rings. The molecule has 22 heavy (non-hydrogen) atoms. The SMILES string of the molecule is CO/C(=C(\C)C(C)=O)C(O)Cc1cc(C(F)(F)F)c(Br)cn1. The van der Waals surface area contributed by atoms with Gasteiger partial charge >= 0.3 is 6.18 Å². The summed E-state index contributed by atoms with van der Waals surface area (Å²) in [6.45, 7) is 2.78. The molecule has 1 heterocycles. The minimum absolute atomic E-state index is 0.0192. The Morgan fingerprint density at radius 2 is 2.05 bits per heavy atom. The first-order valence-corrected chi connectivity index (χ1v) is 7.02. The van der Waals surface area contributed by atoms with Gasteiger partial charge in [-0.15, -0.1) is 0 Å². The number of alkyl halides is 3. The zero-order chi connectivity index (χ0) is 17.1. The van der Waals surface area contributed by atoms with Crippen LogP contribution in [0.4, 0.5) is 13.2 Å². The zero-order valence-corrected chi connectivity index (χ0v) is 13.7. The van der Waals surface area contributed by atoms with E-state index in [1.807, 2.05) is 0 Å². The lowest BCUT2D eigenvalue weighted by Gasteiger charge is -2.17. The minimum atomic E-state index is -4.53. The molecule has 4 nitrogen and oxygen atoms in total. The third-order valence-corrected chi connectivity index (χ3v) is 3.67. The molecule has 0 aromatic carbocycles. The molecule has 0 amide bonds. The Morgan fingerprint density at radius 1 is 1.45 bits per heavy atom. The highest BCUT2D eigenvalue weighted by molar-refractivity contribution is 9.10. The van der Waals surface area contributed by atoms with Gasteiger partial charge in [0, 0.05) is 28.4 Å². The maximum Gasteiger partial charge on any atom is 0.417 e. The second-order valence-electron chi connectivity index (χ2n) is 4.62. The molecule has 0 aliphatic carbocycles. The predicted molar refractivity (Wildman–Crippen MR) is 77.0 cm³/mol. The Balaban J connectivity index is 3.10. The summed E-state index contributed by atoms with van der Waals surface area (Å²) < 4.78 is 43.3. The summed E-state index contributed by atoms with van der Waals surface area (Å²) in [4.78, 5) is 15.2. The first kappa shape index (κ1) is 18.6. The van der Waals surface area contributed by atoms with Gasteiger partial charge in [-0.2, -0.15) is 13.2 Å². The summed E-state index contributed by atoms with van der Waals surface area (Å²) in [6, 6.07) is 0.851. The average molecular weight is 382 g/mol. The van der Waals surface area contributed by atoms with Crippen LogP contribution >= 0.6 is 15.9 Å². The molecule has 0 saturated heterocycles. The van der Waals surface area contributed by atoms with Gasteiger partial charge in [-0.3, -0.25) is 9.78 Å². The van der Waals surface area contributed by atoms with E-state index in [0.717, 1.165) is 12.3 Å². The van der Waals surface area contributed by atoms with E-state index in [0.29, 0.717) is 0 Å². The monoisotopic (exact) mass is 381 g/mol. The number of aliphatic hydroxyl groups excluding tert-OH is 1. The molecule has 1 unspecified atom stereocenters. The number of aliphatic hydroxyl groups is 1. The third kappa shape index (κ3) is 4.54. The topological polar surface area (TPSA) is 59.4 Å². The van der Waals surface area contributed by atoms with E-state index >= 15 is 0 Å². The van der Waals surface area contributed by atoms with Gasteiger partial charge in [0.05, 0.1) is 12.7 Å². The smallest absolute Gasteiger partial charge is 0.417 e. The largest absolute Gasteiger partial charge is 0.498 e. The maximum atomic E-state index is 12.8. The molecule has 1 atom stereocenters. The molecule has 0 saturated carbocycles. The number of aromatic nitrogens is 1. The molecule has 1 aromatic rings. The van der Waals surface area contributed by atoms with Crippen LogP contribution in [0.3, 0.4) is 0 Å². The number of hydrogen-bond donors (Lipinski definition) is 1. The predicted octanol–water partition coefficient (Wildman–Crippen LogP) is 3.28. The van der Waals surface area contributed by atoms with Crippen molar-refractivity contribution in [2.24, 2.45) is 0 Å². The van der Waals surface area contributed by atoms with Crippen LogP contribution in [-0.2, 0) is 22.1 Å². The van der Waals surface area contributed by atoms with Crippen molar-refractivity contribution in [3.05, 3.63) is 39.3 Å². The van der Waals surface area contributed by atoms with Crippen LogP contribution in [0.2, 0.25) is 0 Å². The fourth-order valence-electron chi connectivity index (χ4n) is 1.81. The molecule has 0 fully saturated rings. The second kappa shape index (κ2) is 7.23. The van der Waals surface area contributed by atoms with Gasteiger partial charge < -0.3 is 9.84 Å². The first-order valence-electron chi connectivity index (χ1n) is 6.23. The quantitative estimate of drug-likeness (QED) is 0.628. The maximum absolute atomic E-state index is 12.8. The van der Waals surface area contributed by atoms with Crippen molar-refractivity contribution < 1.29 is 27.8 Å². The Kier molecular flexibility index (Phi) is 6.13. The normalized spacial score (nSPS) is 14.4. The van der Waals surface area contributed by atoms with E-state index in [4.69, 9.17) is 4.74 Å². The molecule has 8 heteroatoms. The van der Waals surface area contributed by atoms with Crippen LogP contribution in [0.25, 0.3) is 0 Å². The zero-order valence-electron chi connectivity index (χ0n) is 12.2. The number of nitrogens with zero attached hydrogens (tertiary/aromatic N) is 1. The second-order valence-corrected chi connectivity index (χ2v) is 5.48. The molecule has 0 bridgehead atoms. The van der Waals surface area contributed by atoms with E-state index in [2.05, 4.69) is 20.9 Å². The Hall–Kier alpha value is -1.41. The number of ether oxygens (including phenoxy) is 1. The number of halogens is 4. The molecule has 1 rings (SSSR count). The summed E-state index contributed by atoms with van der Waals surface area (Å²) in [7, 11) is 1.28. The Bertz CT molecular complexity index is 599. The van der Waals surface area contributed by atoms with Crippen molar-refractivity contribution >= 4 is 21.7 Å². The molecule has 122 valence electrons. The van der Waals surface area contributed by atoms with Gasteiger partial charge in [0.2, 0.25) is 0 Å². The summed E-state index contributed by atoms with van der Waals surface area (Å²) in [5.41, 5.74) is -0.631. The van der Waals surface area contributed by atoms with Crippen LogP contribution < -0.4 is 0 Å². The fourth-order valence-corrected chi connectivity index (χ4v) is 2.26. The van der Waals surface area contributed by atoms with Crippen LogP contribution in [0.1, 0.15) is 25.1 Å². The lowest BCUT2D eigenvalue weighted by molar-refractivity contribution is -0.138. The van der Waals surface area contributed by atoms with Crippen molar-refractivity contribution in [2.45, 2.75) is 32.5 Å². The van der Waals surface area contributed by atoms with E-state index in [-0.39, 0.29) is 33.7 Å². The summed E-state index contributed by atoms with van der Waals surface area (Å²) in [5.74, 6) is -0.276. The molecule has 0 radical (unpaired) electrons. The van der Waals surface area contributed by atoms with E-state index in [9.17, 15) is 23.1 Å². The molecule has 0 spiro atoms. The number of carbonyl (C=O) groups excluding carboxylic acids is 1. The lowest BCUT2D eigenvalue weighted by atomic mass is 10.0. The highest BCUT2D eigenvalue weighted by Gasteiger charge is 2.33. The van der Waals surface area contributed by atoms with Crippen molar-refractivity contribution in [2.75, 3.05) is 7.11 Å². The van der Waals surface area contributed by atoms with E-state index < -0.39 is 17.8 Å². The van der Waals surface area contributed by atoms with E-state index in [1.165, 1.54) is 21.0 Å². The molecule has 1 aromatic heterocycles. The number of allylic oxidation sites excluding steroid dienone is 1. The molecule has 0 aliphatic heterocycles. The van der Waals surface area contributed by atoms with Crippen molar-refractivity contribution in [1.29, 1.82) is 0 Å². The number of rotatable bonds is 5. The van der Waals surface area contributed by atoms with Gasteiger partial charge in [0.25, 0.3) is 0 Å². The summed E-state index contributed by atoms with van der Waals surface area (Å²) in [5, 5.41) is 10.1. The molecule has 1 N–H and O–H groups in total. The summed E-state index contributed by atoms with van der Waals surface area (Å²) >= 11 is 2.79. The molecular formula is C14H15BrF3NO3. The number of carbonyl (C=O) groups is 1. The number of Topliss-reactive ketones (excluding diaryl/α,β-unsaturated/α-hetero) is 1. The fraction of sp³-hybridized carbons (Fsp3) is 0.429. The van der Waals surface area contributed by atoms with Crippen LogP contribution in [0, 0.1) is 0 Å². The van der Waals surface area contributed by atoms with Crippen LogP contribution in [-0.4, -0.2) is 29.1 Å². The minimum Gasteiger partial charge on any atom is -0.498 e. The highest BCUT2D eigenvalue weighted by Crippen LogP contribution is 2.35. The van der Waals surface area contributed by atoms with Gasteiger partial charge in [0.15, 0.2) is 5.78 Å². The molecular weight excluding hydrogens is 367 g/mol.